The summed E-state index contributed by atoms with van der Waals surface area (Å²) in [4.78, 5) is 9.32. The molecule has 0 radical (unpaired) electrons. The van der Waals surface area contributed by atoms with Crippen molar-refractivity contribution in [3.63, 3.8) is 0 Å². The van der Waals surface area contributed by atoms with Crippen molar-refractivity contribution in [1.82, 2.24) is 29.9 Å². The quantitative estimate of drug-likeness (QED) is 0.452. The lowest BCUT2D eigenvalue weighted by atomic mass is 10.1. The summed E-state index contributed by atoms with van der Waals surface area (Å²) in [5, 5.41) is 16.2. The highest BCUT2D eigenvalue weighted by molar-refractivity contribution is 5.93. The van der Waals surface area contributed by atoms with Gasteiger partial charge in [-0.05, 0) is 38.0 Å². The monoisotopic (exact) mass is 421 g/mol. The average Bonchev–Trinajstić information content (AvgIpc) is 3.29. The first-order chi connectivity index (χ1) is 15.0. The van der Waals surface area contributed by atoms with Crippen molar-refractivity contribution in [3.8, 4) is 17.1 Å². The van der Waals surface area contributed by atoms with Crippen molar-refractivity contribution in [3.05, 3.63) is 41.9 Å². The molecule has 0 bridgehead atoms. The third kappa shape index (κ3) is 4.35. The van der Waals surface area contributed by atoms with Gasteiger partial charge in [-0.1, -0.05) is 13.8 Å². The fourth-order valence-corrected chi connectivity index (χ4v) is 3.50. The minimum Gasteiger partial charge on any atom is -0.477 e. The number of aromatic nitrogens is 6. The van der Waals surface area contributed by atoms with Crippen LogP contribution in [0, 0.1) is 19.8 Å². The molecule has 0 aliphatic rings. The van der Waals surface area contributed by atoms with Crippen LogP contribution in [0.2, 0.25) is 0 Å². The zero-order chi connectivity index (χ0) is 22.0. The Bertz CT molecular complexity index is 1200. The summed E-state index contributed by atoms with van der Waals surface area (Å²) in [6.07, 6.45) is 1.72. The molecule has 4 heterocycles. The molecule has 31 heavy (non-hydrogen) atoms. The fourth-order valence-electron chi connectivity index (χ4n) is 3.50. The van der Waals surface area contributed by atoms with Gasteiger partial charge < -0.3 is 14.5 Å². The van der Waals surface area contributed by atoms with E-state index in [1.54, 1.807) is 13.1 Å². The number of fused-ring (bicyclic) bond motifs is 1. The summed E-state index contributed by atoms with van der Waals surface area (Å²) in [5.74, 6) is 2.06. The molecule has 0 fully saturated rings. The van der Waals surface area contributed by atoms with Crippen LogP contribution in [0.1, 0.15) is 38.2 Å². The average molecular weight is 422 g/mol. The van der Waals surface area contributed by atoms with Gasteiger partial charge in [0.15, 0.2) is 0 Å². The number of ether oxygens (including phenoxy) is 1. The van der Waals surface area contributed by atoms with Crippen LogP contribution in [0.5, 0.6) is 5.88 Å². The van der Waals surface area contributed by atoms with Gasteiger partial charge in [-0.2, -0.15) is 5.10 Å². The third-order valence-corrected chi connectivity index (χ3v) is 4.73. The van der Waals surface area contributed by atoms with E-state index in [0.29, 0.717) is 36.7 Å². The van der Waals surface area contributed by atoms with Crippen LogP contribution in [0.25, 0.3) is 22.3 Å². The molecule has 0 aliphatic heterocycles. The van der Waals surface area contributed by atoms with E-state index in [2.05, 4.69) is 34.3 Å². The van der Waals surface area contributed by atoms with Gasteiger partial charge in [0, 0.05) is 19.7 Å². The predicted octanol–water partition coefficient (Wildman–Crippen LogP) is 4.16. The second-order valence-electron chi connectivity index (χ2n) is 7.77. The number of nitrogens with one attached hydrogen (secondary N) is 1. The zero-order valence-corrected chi connectivity index (χ0v) is 18.5. The molecular formula is C22H27N7O2. The Morgan fingerprint density at radius 1 is 1.23 bits per heavy atom. The molecule has 0 spiro atoms. The number of anilines is 1. The minimum absolute atomic E-state index is 0.399. The van der Waals surface area contributed by atoms with Crippen LogP contribution < -0.4 is 10.1 Å². The van der Waals surface area contributed by atoms with Gasteiger partial charge in [0.2, 0.25) is 17.7 Å². The summed E-state index contributed by atoms with van der Waals surface area (Å²) in [6.45, 7) is 11.7. The normalized spacial score (nSPS) is 11.4. The van der Waals surface area contributed by atoms with Crippen molar-refractivity contribution >= 4 is 16.7 Å². The third-order valence-electron chi connectivity index (χ3n) is 4.73. The Balaban J connectivity index is 1.84. The Labute approximate surface area is 180 Å². The van der Waals surface area contributed by atoms with Crippen LogP contribution >= 0.6 is 0 Å². The number of rotatable bonds is 8. The van der Waals surface area contributed by atoms with Gasteiger partial charge in [0.25, 0.3) is 0 Å². The van der Waals surface area contributed by atoms with Crippen molar-refractivity contribution in [2.75, 3.05) is 11.9 Å². The molecule has 0 aromatic carbocycles. The van der Waals surface area contributed by atoms with Gasteiger partial charge in [-0.25, -0.2) is 9.97 Å². The first-order valence-electron chi connectivity index (χ1n) is 10.5. The first kappa shape index (κ1) is 20.8. The summed E-state index contributed by atoms with van der Waals surface area (Å²) in [7, 11) is 0. The summed E-state index contributed by atoms with van der Waals surface area (Å²) >= 11 is 0. The SMILES string of the molecule is CCOc1ncccc1-c1cc(NCc2nnc(C)o2)c2c(n1)c(C)nn2CC(C)C. The van der Waals surface area contributed by atoms with Crippen LogP contribution in [0.3, 0.4) is 0 Å². The summed E-state index contributed by atoms with van der Waals surface area (Å²) in [5.41, 5.74) is 5.15. The molecule has 4 aromatic heterocycles. The summed E-state index contributed by atoms with van der Waals surface area (Å²) < 4.78 is 13.3. The Hall–Kier alpha value is -3.49. The van der Waals surface area contributed by atoms with E-state index in [4.69, 9.17) is 19.2 Å². The van der Waals surface area contributed by atoms with Gasteiger partial charge >= 0.3 is 0 Å². The molecule has 0 saturated carbocycles. The van der Waals surface area contributed by atoms with Gasteiger partial charge in [0.1, 0.15) is 11.0 Å². The molecule has 9 nitrogen and oxygen atoms in total. The van der Waals surface area contributed by atoms with Gasteiger partial charge in [0.05, 0.1) is 35.8 Å². The Kier molecular flexibility index (Phi) is 5.83. The van der Waals surface area contributed by atoms with Gasteiger partial charge in [-0.3, -0.25) is 4.68 Å². The summed E-state index contributed by atoms with van der Waals surface area (Å²) in [6, 6.07) is 5.85. The maximum Gasteiger partial charge on any atom is 0.235 e. The standard InChI is InChI=1S/C22H27N7O2/c1-6-30-22-16(8-7-9-23-22)17-10-18(24-11-19-27-26-15(5)31-19)21-20(25-17)14(4)28-29(21)12-13(2)3/h7-10,13H,6,11-12H2,1-5H3,(H,24,25). The van der Waals surface area contributed by atoms with Gasteiger partial charge in [-0.15, -0.1) is 10.2 Å². The number of pyridine rings is 2. The van der Waals surface area contributed by atoms with E-state index < -0.39 is 0 Å². The maximum atomic E-state index is 5.74. The molecule has 9 heteroatoms. The van der Waals surface area contributed by atoms with E-state index >= 15 is 0 Å². The smallest absolute Gasteiger partial charge is 0.235 e. The van der Waals surface area contributed by atoms with Crippen LogP contribution in [-0.2, 0) is 13.1 Å². The lowest BCUT2D eigenvalue weighted by Crippen LogP contribution is -2.09. The topological polar surface area (TPSA) is 104 Å². The highest BCUT2D eigenvalue weighted by Gasteiger charge is 2.19. The number of aryl methyl sites for hydroxylation is 2. The largest absolute Gasteiger partial charge is 0.477 e. The Morgan fingerprint density at radius 3 is 2.77 bits per heavy atom. The first-order valence-corrected chi connectivity index (χ1v) is 10.5. The van der Waals surface area contributed by atoms with Crippen LogP contribution in [0.4, 0.5) is 5.69 Å². The maximum absolute atomic E-state index is 5.74. The fraction of sp³-hybridized carbons (Fsp3) is 0.409. The number of nitrogens with zero attached hydrogens (tertiary/aromatic N) is 6. The highest BCUT2D eigenvalue weighted by atomic mass is 16.5. The molecular weight excluding hydrogens is 394 g/mol. The number of hydrogen-bond donors (Lipinski definition) is 1. The lowest BCUT2D eigenvalue weighted by Gasteiger charge is -2.14. The van der Waals surface area contributed by atoms with Crippen molar-refractivity contribution in [2.24, 2.45) is 5.92 Å². The van der Waals surface area contributed by atoms with Crippen LogP contribution in [0.15, 0.2) is 28.8 Å². The van der Waals surface area contributed by atoms with Crippen molar-refractivity contribution < 1.29 is 9.15 Å². The molecule has 4 aromatic rings. The lowest BCUT2D eigenvalue weighted by molar-refractivity contribution is 0.328. The Morgan fingerprint density at radius 2 is 2.06 bits per heavy atom. The van der Waals surface area contributed by atoms with E-state index in [-0.39, 0.29) is 0 Å². The van der Waals surface area contributed by atoms with E-state index in [0.717, 1.165) is 40.2 Å². The molecule has 162 valence electrons. The molecule has 4 rings (SSSR count). The van der Waals surface area contributed by atoms with E-state index in [1.165, 1.54) is 0 Å². The second kappa shape index (κ2) is 8.71. The predicted molar refractivity (Wildman–Crippen MR) is 118 cm³/mol. The molecule has 0 saturated heterocycles. The molecule has 1 N–H and O–H groups in total. The number of hydrogen-bond acceptors (Lipinski definition) is 8. The molecule has 0 amide bonds. The molecule has 0 atom stereocenters. The van der Waals surface area contributed by atoms with Crippen molar-refractivity contribution in [1.29, 1.82) is 0 Å². The molecule has 0 aliphatic carbocycles. The van der Waals surface area contributed by atoms with E-state index in [9.17, 15) is 0 Å². The minimum atomic E-state index is 0.399. The van der Waals surface area contributed by atoms with E-state index in [1.807, 2.05) is 36.7 Å². The molecule has 0 unspecified atom stereocenters. The van der Waals surface area contributed by atoms with Crippen molar-refractivity contribution in [2.45, 2.75) is 47.7 Å². The zero-order valence-electron chi connectivity index (χ0n) is 18.5. The van der Waals surface area contributed by atoms with Crippen LogP contribution in [-0.4, -0.2) is 36.6 Å². The second-order valence-corrected chi connectivity index (χ2v) is 7.77. The highest BCUT2D eigenvalue weighted by Crippen LogP contribution is 2.34.